The zero-order valence-electron chi connectivity index (χ0n) is 14.9. The number of hydrogen-bond donors (Lipinski definition) is 1. The van der Waals surface area contributed by atoms with Crippen LogP contribution in [0, 0.1) is 13.8 Å². The standard InChI is InChI=1S/C18H24N4O3/c1-12-4-5-15(16(10-12)24-3)11-19-18(23)22-8-6-14(7-9-22)17-20-13(2)21-25-17/h4-5,10,14H,6-9,11H2,1-3H3,(H,19,23). The third kappa shape index (κ3) is 4.10. The number of benzene rings is 1. The van der Waals surface area contributed by atoms with E-state index in [2.05, 4.69) is 15.5 Å². The number of nitrogens with one attached hydrogen (secondary N) is 1. The van der Waals surface area contributed by atoms with Crippen LogP contribution >= 0.6 is 0 Å². The van der Waals surface area contributed by atoms with Crippen LogP contribution < -0.4 is 10.1 Å². The molecule has 1 aliphatic rings. The predicted molar refractivity (Wildman–Crippen MR) is 92.5 cm³/mol. The van der Waals surface area contributed by atoms with E-state index in [1.54, 1.807) is 7.11 Å². The van der Waals surface area contributed by atoms with E-state index in [4.69, 9.17) is 9.26 Å². The molecule has 1 fully saturated rings. The molecule has 2 aromatic rings. The van der Waals surface area contributed by atoms with Crippen molar-refractivity contribution in [1.29, 1.82) is 0 Å². The van der Waals surface area contributed by atoms with Crippen molar-refractivity contribution < 1.29 is 14.1 Å². The van der Waals surface area contributed by atoms with Gasteiger partial charge < -0.3 is 19.5 Å². The first-order valence-electron chi connectivity index (χ1n) is 8.53. The number of nitrogens with zero attached hydrogens (tertiary/aromatic N) is 3. The molecule has 7 nitrogen and oxygen atoms in total. The van der Waals surface area contributed by atoms with Gasteiger partial charge in [0.2, 0.25) is 5.89 Å². The molecule has 1 saturated heterocycles. The highest BCUT2D eigenvalue weighted by molar-refractivity contribution is 5.74. The van der Waals surface area contributed by atoms with Gasteiger partial charge in [0.25, 0.3) is 0 Å². The van der Waals surface area contributed by atoms with Crippen LogP contribution in [0.25, 0.3) is 0 Å². The number of hydrogen-bond acceptors (Lipinski definition) is 5. The van der Waals surface area contributed by atoms with E-state index >= 15 is 0 Å². The monoisotopic (exact) mass is 344 g/mol. The lowest BCUT2D eigenvalue weighted by molar-refractivity contribution is 0.175. The van der Waals surface area contributed by atoms with Crippen molar-refractivity contribution in [3.8, 4) is 5.75 Å². The van der Waals surface area contributed by atoms with E-state index in [9.17, 15) is 4.79 Å². The Morgan fingerprint density at radius 3 is 2.76 bits per heavy atom. The van der Waals surface area contributed by atoms with Gasteiger partial charge in [-0.25, -0.2) is 4.79 Å². The molecule has 0 radical (unpaired) electrons. The fourth-order valence-corrected chi connectivity index (χ4v) is 3.09. The number of aromatic nitrogens is 2. The van der Waals surface area contributed by atoms with Gasteiger partial charge >= 0.3 is 6.03 Å². The number of methoxy groups -OCH3 is 1. The van der Waals surface area contributed by atoms with Gasteiger partial charge in [-0.05, 0) is 38.3 Å². The summed E-state index contributed by atoms with van der Waals surface area (Å²) < 4.78 is 10.6. The van der Waals surface area contributed by atoms with Crippen molar-refractivity contribution in [3.63, 3.8) is 0 Å². The summed E-state index contributed by atoms with van der Waals surface area (Å²) >= 11 is 0. The molecular weight excluding hydrogens is 320 g/mol. The number of aryl methyl sites for hydroxylation is 2. The average molecular weight is 344 g/mol. The second kappa shape index (κ2) is 7.55. The van der Waals surface area contributed by atoms with Gasteiger partial charge in [-0.1, -0.05) is 17.3 Å². The van der Waals surface area contributed by atoms with Gasteiger partial charge in [-0.3, -0.25) is 0 Å². The summed E-state index contributed by atoms with van der Waals surface area (Å²) in [6.07, 6.45) is 1.67. The molecule has 1 N–H and O–H groups in total. The minimum absolute atomic E-state index is 0.0530. The van der Waals surface area contributed by atoms with Gasteiger partial charge in [-0.2, -0.15) is 4.98 Å². The van der Waals surface area contributed by atoms with Crippen LogP contribution in [0.3, 0.4) is 0 Å². The van der Waals surface area contributed by atoms with Crippen molar-refractivity contribution in [2.75, 3.05) is 20.2 Å². The highest BCUT2D eigenvalue weighted by Crippen LogP contribution is 2.26. The fourth-order valence-electron chi connectivity index (χ4n) is 3.09. The topological polar surface area (TPSA) is 80.5 Å². The van der Waals surface area contributed by atoms with Crippen LogP contribution in [0.5, 0.6) is 5.75 Å². The molecule has 2 heterocycles. The third-order valence-electron chi connectivity index (χ3n) is 4.55. The Balaban J connectivity index is 1.51. The number of amides is 2. The lowest BCUT2D eigenvalue weighted by Crippen LogP contribution is -2.43. The summed E-state index contributed by atoms with van der Waals surface area (Å²) in [5.41, 5.74) is 2.10. The molecular formula is C18H24N4O3. The van der Waals surface area contributed by atoms with Crippen LogP contribution in [0.15, 0.2) is 22.7 Å². The van der Waals surface area contributed by atoms with Gasteiger partial charge in [0, 0.05) is 31.1 Å². The molecule has 134 valence electrons. The van der Waals surface area contributed by atoms with Crippen LogP contribution in [0.1, 0.15) is 41.6 Å². The minimum atomic E-state index is -0.0530. The molecule has 0 atom stereocenters. The molecule has 0 bridgehead atoms. The molecule has 2 amide bonds. The molecule has 1 aromatic heterocycles. The van der Waals surface area contributed by atoms with Gasteiger partial charge in [-0.15, -0.1) is 0 Å². The van der Waals surface area contributed by atoms with Gasteiger partial charge in [0.1, 0.15) is 5.75 Å². The number of likely N-dealkylation sites (tertiary alicyclic amines) is 1. The Morgan fingerprint density at radius 2 is 2.12 bits per heavy atom. The van der Waals surface area contributed by atoms with E-state index in [0.29, 0.717) is 31.3 Å². The molecule has 1 aromatic carbocycles. The molecule has 0 aliphatic carbocycles. The van der Waals surface area contributed by atoms with Crippen molar-refractivity contribution in [2.45, 2.75) is 39.2 Å². The zero-order valence-corrected chi connectivity index (χ0v) is 14.9. The van der Waals surface area contributed by atoms with Crippen molar-refractivity contribution in [3.05, 3.63) is 41.0 Å². The summed E-state index contributed by atoms with van der Waals surface area (Å²) in [7, 11) is 1.64. The van der Waals surface area contributed by atoms with Crippen LogP contribution in [-0.4, -0.2) is 41.3 Å². The van der Waals surface area contributed by atoms with Crippen LogP contribution in [0.2, 0.25) is 0 Å². The Kier molecular flexibility index (Phi) is 5.21. The predicted octanol–water partition coefficient (Wildman–Crippen LogP) is 2.78. The first-order valence-corrected chi connectivity index (χ1v) is 8.53. The number of urea groups is 1. The molecule has 0 saturated carbocycles. The fraction of sp³-hybridized carbons (Fsp3) is 0.500. The maximum absolute atomic E-state index is 12.4. The zero-order chi connectivity index (χ0) is 17.8. The number of carbonyl (C=O) groups is 1. The molecule has 25 heavy (non-hydrogen) atoms. The van der Waals surface area contributed by atoms with E-state index in [1.165, 1.54) is 0 Å². The Bertz CT molecular complexity index is 736. The Labute approximate surface area is 147 Å². The maximum Gasteiger partial charge on any atom is 0.317 e. The van der Waals surface area contributed by atoms with E-state index in [0.717, 1.165) is 29.7 Å². The van der Waals surface area contributed by atoms with Gasteiger partial charge in [0.15, 0.2) is 5.82 Å². The van der Waals surface area contributed by atoms with Gasteiger partial charge in [0.05, 0.1) is 7.11 Å². The summed E-state index contributed by atoms with van der Waals surface area (Å²) in [5.74, 6) is 2.37. The van der Waals surface area contributed by atoms with E-state index < -0.39 is 0 Å². The van der Waals surface area contributed by atoms with Crippen LogP contribution in [-0.2, 0) is 6.54 Å². The summed E-state index contributed by atoms with van der Waals surface area (Å²) in [5, 5.41) is 6.82. The number of carbonyl (C=O) groups excluding carboxylic acids is 1. The van der Waals surface area contributed by atoms with E-state index in [-0.39, 0.29) is 11.9 Å². The summed E-state index contributed by atoms with van der Waals surface area (Å²) in [6, 6.07) is 5.92. The smallest absolute Gasteiger partial charge is 0.317 e. The van der Waals surface area contributed by atoms with E-state index in [1.807, 2.05) is 36.9 Å². The molecule has 0 unspecified atom stereocenters. The average Bonchev–Trinajstić information content (AvgIpc) is 3.06. The summed E-state index contributed by atoms with van der Waals surface area (Å²) in [4.78, 5) is 18.5. The lowest BCUT2D eigenvalue weighted by atomic mass is 9.97. The minimum Gasteiger partial charge on any atom is -0.496 e. The quantitative estimate of drug-likeness (QED) is 0.922. The Morgan fingerprint density at radius 1 is 1.36 bits per heavy atom. The third-order valence-corrected chi connectivity index (χ3v) is 4.55. The van der Waals surface area contributed by atoms with Crippen LogP contribution in [0.4, 0.5) is 4.79 Å². The molecule has 7 heteroatoms. The number of ether oxygens (including phenoxy) is 1. The molecule has 3 rings (SSSR count). The lowest BCUT2D eigenvalue weighted by Gasteiger charge is -2.30. The maximum atomic E-state index is 12.4. The second-order valence-corrected chi connectivity index (χ2v) is 6.42. The number of piperidine rings is 1. The SMILES string of the molecule is COc1cc(C)ccc1CNC(=O)N1CCC(c2nc(C)no2)CC1. The normalized spacial score (nSPS) is 15.2. The number of rotatable bonds is 4. The van der Waals surface area contributed by atoms with Crippen molar-refractivity contribution >= 4 is 6.03 Å². The highest BCUT2D eigenvalue weighted by atomic mass is 16.5. The second-order valence-electron chi connectivity index (χ2n) is 6.42. The Hall–Kier alpha value is -2.57. The highest BCUT2D eigenvalue weighted by Gasteiger charge is 2.27. The van der Waals surface area contributed by atoms with Crippen molar-refractivity contribution in [1.82, 2.24) is 20.4 Å². The van der Waals surface area contributed by atoms with Crippen molar-refractivity contribution in [2.24, 2.45) is 0 Å². The molecule has 0 spiro atoms. The first-order chi connectivity index (χ1) is 12.1. The molecule has 1 aliphatic heterocycles. The largest absolute Gasteiger partial charge is 0.496 e. The first kappa shape index (κ1) is 17.3. The summed E-state index contributed by atoms with van der Waals surface area (Å²) in [6.45, 7) is 5.64.